The van der Waals surface area contributed by atoms with Crippen LogP contribution in [0.4, 0.5) is 5.69 Å². The SMILES string of the molecule is CC(O)CCNC(=O)c1cc(N)cc(Cl)c1. The van der Waals surface area contributed by atoms with Crippen molar-refractivity contribution in [3.63, 3.8) is 0 Å². The maximum Gasteiger partial charge on any atom is 0.251 e. The molecule has 1 aromatic carbocycles. The van der Waals surface area contributed by atoms with E-state index in [1.807, 2.05) is 0 Å². The first-order valence-corrected chi connectivity index (χ1v) is 5.39. The molecule has 1 aromatic rings. The van der Waals surface area contributed by atoms with Crippen molar-refractivity contribution in [2.24, 2.45) is 0 Å². The second kappa shape index (κ2) is 5.72. The Morgan fingerprint density at radius 3 is 2.81 bits per heavy atom. The first-order chi connectivity index (χ1) is 7.49. The Balaban J connectivity index is 2.59. The van der Waals surface area contributed by atoms with E-state index in [1.54, 1.807) is 25.1 Å². The van der Waals surface area contributed by atoms with Crippen molar-refractivity contribution >= 4 is 23.2 Å². The first kappa shape index (κ1) is 12.8. The molecule has 0 radical (unpaired) electrons. The zero-order valence-corrected chi connectivity index (χ0v) is 9.79. The smallest absolute Gasteiger partial charge is 0.251 e. The molecule has 0 spiro atoms. The lowest BCUT2D eigenvalue weighted by molar-refractivity contribution is 0.0945. The van der Waals surface area contributed by atoms with Crippen molar-refractivity contribution in [2.75, 3.05) is 12.3 Å². The van der Waals surface area contributed by atoms with Crippen molar-refractivity contribution in [3.8, 4) is 0 Å². The summed E-state index contributed by atoms with van der Waals surface area (Å²) in [6.07, 6.45) is 0.0895. The molecule has 1 unspecified atom stereocenters. The second-order valence-corrected chi connectivity index (χ2v) is 4.10. The minimum Gasteiger partial charge on any atom is -0.399 e. The quantitative estimate of drug-likeness (QED) is 0.699. The molecule has 5 heteroatoms. The van der Waals surface area contributed by atoms with Crippen LogP contribution in [0.1, 0.15) is 23.7 Å². The van der Waals surface area contributed by atoms with E-state index < -0.39 is 6.10 Å². The van der Waals surface area contributed by atoms with Gasteiger partial charge in [0.25, 0.3) is 5.91 Å². The molecule has 0 aliphatic carbocycles. The molecule has 0 saturated carbocycles. The molecule has 0 aliphatic heterocycles. The van der Waals surface area contributed by atoms with E-state index in [-0.39, 0.29) is 5.91 Å². The number of anilines is 1. The Labute approximate surface area is 99.4 Å². The second-order valence-electron chi connectivity index (χ2n) is 3.67. The van der Waals surface area contributed by atoms with Gasteiger partial charge in [0.15, 0.2) is 0 Å². The summed E-state index contributed by atoms with van der Waals surface area (Å²) in [5.41, 5.74) is 6.45. The van der Waals surface area contributed by atoms with Crippen LogP contribution in [-0.2, 0) is 0 Å². The summed E-state index contributed by atoms with van der Waals surface area (Å²) in [6.45, 7) is 2.09. The van der Waals surface area contributed by atoms with Gasteiger partial charge < -0.3 is 16.2 Å². The molecule has 0 bridgehead atoms. The molecular weight excluding hydrogens is 228 g/mol. The lowest BCUT2D eigenvalue weighted by atomic mass is 10.2. The van der Waals surface area contributed by atoms with Crippen molar-refractivity contribution in [2.45, 2.75) is 19.4 Å². The van der Waals surface area contributed by atoms with Crippen LogP contribution in [0.25, 0.3) is 0 Å². The average molecular weight is 243 g/mol. The summed E-state index contributed by atoms with van der Waals surface area (Å²) < 4.78 is 0. The van der Waals surface area contributed by atoms with E-state index in [9.17, 15) is 4.79 Å². The van der Waals surface area contributed by atoms with Gasteiger partial charge in [-0.1, -0.05) is 11.6 Å². The largest absolute Gasteiger partial charge is 0.399 e. The highest BCUT2D eigenvalue weighted by Crippen LogP contribution is 2.16. The molecule has 0 aliphatic rings. The maximum atomic E-state index is 11.6. The number of carbonyl (C=O) groups excluding carboxylic acids is 1. The van der Waals surface area contributed by atoms with Gasteiger partial charge in [-0.25, -0.2) is 0 Å². The maximum absolute atomic E-state index is 11.6. The molecule has 16 heavy (non-hydrogen) atoms. The predicted molar refractivity (Wildman–Crippen MR) is 64.5 cm³/mol. The average Bonchev–Trinajstić information content (AvgIpc) is 2.15. The first-order valence-electron chi connectivity index (χ1n) is 5.01. The topological polar surface area (TPSA) is 75.3 Å². The normalized spacial score (nSPS) is 12.2. The van der Waals surface area contributed by atoms with E-state index in [1.165, 1.54) is 0 Å². The zero-order valence-electron chi connectivity index (χ0n) is 9.03. The standard InChI is InChI=1S/C11H15ClN2O2/c1-7(15)2-3-14-11(16)8-4-9(12)6-10(13)5-8/h4-7,15H,2-3,13H2,1H3,(H,14,16). The number of amides is 1. The molecule has 0 saturated heterocycles. The highest BCUT2D eigenvalue weighted by molar-refractivity contribution is 6.31. The van der Waals surface area contributed by atoms with Crippen LogP contribution in [0, 0.1) is 0 Å². The number of nitrogen functional groups attached to an aromatic ring is 1. The van der Waals surface area contributed by atoms with Crippen LogP contribution in [0.2, 0.25) is 5.02 Å². The molecule has 1 amide bonds. The third kappa shape index (κ3) is 4.08. The number of nitrogens with one attached hydrogen (secondary N) is 1. The lowest BCUT2D eigenvalue weighted by Gasteiger charge is -2.07. The van der Waals surface area contributed by atoms with Gasteiger partial charge in [0.05, 0.1) is 6.10 Å². The molecule has 1 atom stereocenters. The third-order valence-corrected chi connectivity index (χ3v) is 2.25. The van der Waals surface area contributed by atoms with E-state index in [4.69, 9.17) is 22.4 Å². The van der Waals surface area contributed by atoms with Gasteiger partial charge in [0.2, 0.25) is 0 Å². The van der Waals surface area contributed by atoms with Gasteiger partial charge >= 0.3 is 0 Å². The van der Waals surface area contributed by atoms with Crippen LogP contribution >= 0.6 is 11.6 Å². The minimum absolute atomic E-state index is 0.241. The van der Waals surface area contributed by atoms with Crippen LogP contribution in [0.15, 0.2) is 18.2 Å². The van der Waals surface area contributed by atoms with Gasteiger partial charge in [0.1, 0.15) is 0 Å². The van der Waals surface area contributed by atoms with Crippen LogP contribution in [-0.4, -0.2) is 23.7 Å². The summed E-state index contributed by atoms with van der Waals surface area (Å²) in [4.78, 5) is 11.6. The molecule has 0 heterocycles. The summed E-state index contributed by atoms with van der Waals surface area (Å²) in [6, 6.07) is 4.69. The fourth-order valence-electron chi connectivity index (χ4n) is 1.24. The van der Waals surface area contributed by atoms with Gasteiger partial charge in [0, 0.05) is 22.8 Å². The summed E-state index contributed by atoms with van der Waals surface area (Å²) in [5.74, 6) is -0.241. The highest BCUT2D eigenvalue weighted by Gasteiger charge is 2.07. The molecular formula is C11H15ClN2O2. The number of hydrogen-bond donors (Lipinski definition) is 3. The Morgan fingerprint density at radius 2 is 2.25 bits per heavy atom. The van der Waals surface area contributed by atoms with Gasteiger partial charge in [-0.05, 0) is 31.5 Å². The fraction of sp³-hybridized carbons (Fsp3) is 0.364. The summed E-state index contributed by atoms with van der Waals surface area (Å²) >= 11 is 5.78. The third-order valence-electron chi connectivity index (χ3n) is 2.03. The fourth-order valence-corrected chi connectivity index (χ4v) is 1.48. The van der Waals surface area contributed by atoms with Crippen molar-refractivity contribution < 1.29 is 9.90 Å². The van der Waals surface area contributed by atoms with Crippen LogP contribution < -0.4 is 11.1 Å². The Hall–Kier alpha value is -1.26. The number of aliphatic hydroxyl groups is 1. The van der Waals surface area contributed by atoms with Crippen LogP contribution in [0.3, 0.4) is 0 Å². The molecule has 1 rings (SSSR count). The van der Waals surface area contributed by atoms with Gasteiger partial charge in [-0.2, -0.15) is 0 Å². The van der Waals surface area contributed by atoms with Crippen molar-refractivity contribution in [3.05, 3.63) is 28.8 Å². The summed E-state index contributed by atoms with van der Waals surface area (Å²) in [7, 11) is 0. The lowest BCUT2D eigenvalue weighted by Crippen LogP contribution is -2.26. The van der Waals surface area contributed by atoms with Gasteiger partial charge in [-0.3, -0.25) is 4.79 Å². The molecule has 88 valence electrons. The highest BCUT2D eigenvalue weighted by atomic mass is 35.5. The minimum atomic E-state index is -0.426. The summed E-state index contributed by atoms with van der Waals surface area (Å²) in [5, 5.41) is 12.1. The number of rotatable bonds is 4. The van der Waals surface area contributed by atoms with E-state index >= 15 is 0 Å². The van der Waals surface area contributed by atoms with E-state index in [0.29, 0.717) is 29.2 Å². The number of halogens is 1. The predicted octanol–water partition coefficient (Wildman–Crippen LogP) is 1.42. The number of carbonyl (C=O) groups is 1. The molecule has 0 fully saturated rings. The van der Waals surface area contributed by atoms with E-state index in [2.05, 4.69) is 5.32 Å². The van der Waals surface area contributed by atoms with Crippen molar-refractivity contribution in [1.82, 2.24) is 5.32 Å². The zero-order chi connectivity index (χ0) is 12.1. The van der Waals surface area contributed by atoms with Crippen LogP contribution in [0.5, 0.6) is 0 Å². The number of benzene rings is 1. The number of aliphatic hydroxyl groups excluding tert-OH is 1. The van der Waals surface area contributed by atoms with E-state index in [0.717, 1.165) is 0 Å². The number of nitrogens with two attached hydrogens (primary N) is 1. The Bertz CT molecular complexity index is 360. The molecule has 4 nitrogen and oxygen atoms in total. The Morgan fingerprint density at radius 1 is 1.56 bits per heavy atom. The molecule has 4 N–H and O–H groups in total. The molecule has 0 aromatic heterocycles. The number of hydrogen-bond acceptors (Lipinski definition) is 3. The monoisotopic (exact) mass is 242 g/mol. The van der Waals surface area contributed by atoms with Gasteiger partial charge in [-0.15, -0.1) is 0 Å². The Kier molecular flexibility index (Phi) is 4.58. The van der Waals surface area contributed by atoms with Crippen molar-refractivity contribution in [1.29, 1.82) is 0 Å².